The summed E-state index contributed by atoms with van der Waals surface area (Å²) >= 11 is 3.61. The first kappa shape index (κ1) is 15.7. The number of aryl methyl sites for hydroxylation is 2. The van der Waals surface area contributed by atoms with Crippen LogP contribution in [0.1, 0.15) is 32.2 Å². The van der Waals surface area contributed by atoms with Crippen LogP contribution in [0.4, 0.5) is 0 Å². The minimum Gasteiger partial charge on any atom is -0.377 e. The summed E-state index contributed by atoms with van der Waals surface area (Å²) in [5, 5.41) is 7.88. The number of likely N-dealkylation sites (N-methyl/N-ethyl adjacent to an activating group) is 1. The van der Waals surface area contributed by atoms with Crippen LogP contribution in [0.15, 0.2) is 4.47 Å². The van der Waals surface area contributed by atoms with Crippen LogP contribution in [0.2, 0.25) is 0 Å². The highest BCUT2D eigenvalue weighted by molar-refractivity contribution is 9.10. The predicted molar refractivity (Wildman–Crippen MR) is 77.9 cm³/mol. The largest absolute Gasteiger partial charge is 0.377 e. The van der Waals surface area contributed by atoms with Crippen LogP contribution >= 0.6 is 15.9 Å². The Morgan fingerprint density at radius 2 is 2.11 bits per heavy atom. The van der Waals surface area contributed by atoms with Crippen molar-refractivity contribution in [2.75, 3.05) is 13.2 Å². The van der Waals surface area contributed by atoms with Gasteiger partial charge < -0.3 is 10.1 Å². The highest BCUT2D eigenvalue weighted by Crippen LogP contribution is 2.21. The minimum atomic E-state index is 0.267. The Morgan fingerprint density at radius 3 is 2.56 bits per heavy atom. The molecule has 1 aromatic heterocycles. The Balaban J connectivity index is 2.70. The first-order valence-corrected chi connectivity index (χ1v) is 7.27. The van der Waals surface area contributed by atoms with Crippen LogP contribution in [0.25, 0.3) is 0 Å². The van der Waals surface area contributed by atoms with E-state index in [9.17, 15) is 0 Å². The molecule has 0 aliphatic rings. The number of aromatic nitrogens is 2. The van der Waals surface area contributed by atoms with E-state index in [4.69, 9.17) is 4.74 Å². The maximum absolute atomic E-state index is 5.71. The van der Waals surface area contributed by atoms with Gasteiger partial charge in [-0.15, -0.1) is 0 Å². The summed E-state index contributed by atoms with van der Waals surface area (Å²) in [6, 6.07) is 0.323. The van der Waals surface area contributed by atoms with Crippen LogP contribution in [-0.2, 0) is 18.2 Å². The summed E-state index contributed by atoms with van der Waals surface area (Å²) < 4.78 is 8.76. The number of hydrogen-bond acceptors (Lipinski definition) is 3. The second-order valence-corrected chi connectivity index (χ2v) is 5.60. The van der Waals surface area contributed by atoms with Crippen LogP contribution in [0, 0.1) is 6.92 Å². The third-order valence-corrected chi connectivity index (χ3v) is 3.86. The number of nitrogens with zero attached hydrogens (tertiary/aromatic N) is 2. The Bertz CT molecular complexity index is 377. The average Bonchev–Trinajstić information content (AvgIpc) is 2.53. The molecule has 104 valence electrons. The third-order valence-electron chi connectivity index (χ3n) is 2.82. The predicted octanol–water partition coefficient (Wildman–Crippen LogP) is 2.44. The van der Waals surface area contributed by atoms with E-state index < -0.39 is 0 Å². The zero-order chi connectivity index (χ0) is 13.7. The summed E-state index contributed by atoms with van der Waals surface area (Å²) in [6.07, 6.45) is 1.18. The first-order chi connectivity index (χ1) is 8.45. The Kier molecular flexibility index (Phi) is 6.32. The number of rotatable bonds is 7. The first-order valence-electron chi connectivity index (χ1n) is 6.48. The molecular formula is C13H24BrN3O. The highest BCUT2D eigenvalue weighted by atomic mass is 79.9. The molecule has 5 heteroatoms. The zero-order valence-corrected chi connectivity index (χ0v) is 13.5. The lowest BCUT2D eigenvalue weighted by atomic mass is 10.1. The second kappa shape index (κ2) is 7.26. The summed E-state index contributed by atoms with van der Waals surface area (Å²) in [7, 11) is 1.99. The van der Waals surface area contributed by atoms with Crippen molar-refractivity contribution in [3.63, 3.8) is 0 Å². The lowest BCUT2D eigenvalue weighted by Gasteiger charge is -2.19. The van der Waals surface area contributed by atoms with Gasteiger partial charge in [-0.2, -0.15) is 5.10 Å². The van der Waals surface area contributed by atoms with Gasteiger partial charge in [0.15, 0.2) is 0 Å². The van der Waals surface area contributed by atoms with Gasteiger partial charge >= 0.3 is 0 Å². The monoisotopic (exact) mass is 317 g/mol. The topological polar surface area (TPSA) is 39.1 Å². The van der Waals surface area contributed by atoms with Crippen molar-refractivity contribution in [1.29, 1.82) is 0 Å². The van der Waals surface area contributed by atoms with Crippen molar-refractivity contribution in [3.8, 4) is 0 Å². The molecule has 1 rings (SSSR count). The van der Waals surface area contributed by atoms with E-state index in [0.717, 1.165) is 29.7 Å². The Morgan fingerprint density at radius 1 is 1.44 bits per heavy atom. The maximum Gasteiger partial charge on any atom is 0.0738 e. The second-order valence-electron chi connectivity index (χ2n) is 4.81. The van der Waals surface area contributed by atoms with Crippen LogP contribution in [-0.4, -0.2) is 35.1 Å². The van der Waals surface area contributed by atoms with Gasteiger partial charge in [0.2, 0.25) is 0 Å². The van der Waals surface area contributed by atoms with Crippen molar-refractivity contribution in [1.82, 2.24) is 15.1 Å². The smallest absolute Gasteiger partial charge is 0.0738 e. The molecule has 18 heavy (non-hydrogen) atoms. The van der Waals surface area contributed by atoms with Gasteiger partial charge in [-0.05, 0) is 43.2 Å². The fourth-order valence-electron chi connectivity index (χ4n) is 1.92. The number of hydrogen-bond donors (Lipinski definition) is 1. The summed E-state index contributed by atoms with van der Waals surface area (Å²) in [5.74, 6) is 0. The molecule has 0 bridgehead atoms. The molecule has 0 aliphatic heterocycles. The van der Waals surface area contributed by atoms with Crippen molar-refractivity contribution in [2.24, 2.45) is 7.05 Å². The summed E-state index contributed by atoms with van der Waals surface area (Å²) in [5.41, 5.74) is 2.25. The molecular weight excluding hydrogens is 294 g/mol. The van der Waals surface area contributed by atoms with Crippen molar-refractivity contribution >= 4 is 15.9 Å². The molecule has 0 spiro atoms. The fraction of sp³-hybridized carbons (Fsp3) is 0.769. The SMILES string of the molecule is CCNC(COC(C)C)Cc1c(Br)c(C)nn1C. The van der Waals surface area contributed by atoms with E-state index in [1.807, 2.05) is 18.7 Å². The molecule has 1 atom stereocenters. The van der Waals surface area contributed by atoms with Gasteiger partial charge in [-0.25, -0.2) is 0 Å². The highest BCUT2D eigenvalue weighted by Gasteiger charge is 2.16. The minimum absolute atomic E-state index is 0.267. The van der Waals surface area contributed by atoms with Crippen molar-refractivity contribution in [2.45, 2.75) is 46.3 Å². The van der Waals surface area contributed by atoms with Crippen molar-refractivity contribution < 1.29 is 4.74 Å². The van der Waals surface area contributed by atoms with Crippen molar-refractivity contribution in [3.05, 3.63) is 15.9 Å². The normalized spacial score (nSPS) is 13.3. The molecule has 0 aromatic carbocycles. The summed E-state index contributed by atoms with van der Waals surface area (Å²) in [6.45, 7) is 9.93. The van der Waals surface area contributed by atoms with Gasteiger partial charge in [0, 0.05) is 19.5 Å². The standard InChI is InChI=1S/C13H24BrN3O/c1-6-15-11(8-18-9(2)3)7-12-13(14)10(4)16-17(12)5/h9,11,15H,6-8H2,1-5H3. The maximum atomic E-state index is 5.71. The molecule has 1 heterocycles. The molecule has 4 nitrogen and oxygen atoms in total. The molecule has 0 amide bonds. The zero-order valence-electron chi connectivity index (χ0n) is 12.0. The third kappa shape index (κ3) is 4.37. The van der Waals surface area contributed by atoms with Crippen LogP contribution in [0.3, 0.4) is 0 Å². The number of nitrogens with one attached hydrogen (secondary N) is 1. The molecule has 0 radical (unpaired) electrons. The van der Waals surface area contributed by atoms with E-state index >= 15 is 0 Å². The van der Waals surface area contributed by atoms with E-state index in [0.29, 0.717) is 6.04 Å². The van der Waals surface area contributed by atoms with Gasteiger partial charge in [0.1, 0.15) is 0 Å². The molecule has 1 aromatic rings. The molecule has 0 aliphatic carbocycles. The molecule has 1 N–H and O–H groups in total. The van der Waals surface area contributed by atoms with Crippen LogP contribution < -0.4 is 5.32 Å². The fourth-order valence-corrected chi connectivity index (χ4v) is 2.42. The number of ether oxygens (including phenoxy) is 1. The van der Waals surface area contributed by atoms with Gasteiger partial charge in [-0.3, -0.25) is 4.68 Å². The van der Waals surface area contributed by atoms with E-state index in [2.05, 4.69) is 47.1 Å². The van der Waals surface area contributed by atoms with Gasteiger partial charge in [-0.1, -0.05) is 6.92 Å². The lowest BCUT2D eigenvalue weighted by Crippen LogP contribution is -2.36. The average molecular weight is 318 g/mol. The Labute approximate surface area is 118 Å². The van der Waals surface area contributed by atoms with E-state index in [-0.39, 0.29) is 6.10 Å². The van der Waals surface area contributed by atoms with E-state index in [1.54, 1.807) is 0 Å². The molecule has 1 unspecified atom stereocenters. The van der Waals surface area contributed by atoms with Gasteiger partial charge in [0.25, 0.3) is 0 Å². The van der Waals surface area contributed by atoms with Gasteiger partial charge in [0.05, 0.1) is 28.6 Å². The molecule has 0 fully saturated rings. The lowest BCUT2D eigenvalue weighted by molar-refractivity contribution is 0.0612. The number of halogens is 1. The quantitative estimate of drug-likeness (QED) is 0.839. The Hall–Kier alpha value is -0.390. The van der Waals surface area contributed by atoms with Crippen LogP contribution in [0.5, 0.6) is 0 Å². The molecule has 0 saturated carbocycles. The van der Waals surface area contributed by atoms with E-state index in [1.165, 1.54) is 5.69 Å². The summed E-state index contributed by atoms with van der Waals surface area (Å²) in [4.78, 5) is 0. The molecule has 0 saturated heterocycles.